The minimum atomic E-state index is -3.78. The average molecular weight is 457 g/mol. The molecular weight excluding hydrogens is 438 g/mol. The van der Waals surface area contributed by atoms with E-state index in [0.29, 0.717) is 0 Å². The van der Waals surface area contributed by atoms with Crippen LogP contribution in [0.15, 0.2) is 35.5 Å². The van der Waals surface area contributed by atoms with E-state index in [0.717, 1.165) is 12.3 Å². The van der Waals surface area contributed by atoms with Gasteiger partial charge in [-0.05, 0) is 45.0 Å². The largest absolute Gasteiger partial charge is 0.386 e. The Balaban J connectivity index is 2.05. The van der Waals surface area contributed by atoms with Gasteiger partial charge >= 0.3 is 0 Å². The van der Waals surface area contributed by atoms with E-state index in [4.69, 9.17) is 17.3 Å². The number of carbonyl (C=O) groups excluding carboxylic acids is 1. The number of nitrogens with zero attached hydrogens (tertiary/aromatic N) is 2. The molecule has 0 saturated carbocycles. The lowest BCUT2D eigenvalue weighted by atomic mass is 9.92. The first-order valence-corrected chi connectivity index (χ1v) is 10.8. The van der Waals surface area contributed by atoms with Crippen LogP contribution in [0.5, 0.6) is 0 Å². The number of anilines is 1. The van der Waals surface area contributed by atoms with E-state index in [1.807, 2.05) is 0 Å². The minimum Gasteiger partial charge on any atom is -0.386 e. The van der Waals surface area contributed by atoms with Gasteiger partial charge in [0.1, 0.15) is 33.4 Å². The molecular formula is C19H19ClF2N4O3S. The van der Waals surface area contributed by atoms with Crippen molar-refractivity contribution in [1.82, 2.24) is 4.98 Å². The number of sulfone groups is 1. The van der Waals surface area contributed by atoms with Crippen LogP contribution in [0.25, 0.3) is 0 Å². The maximum Gasteiger partial charge on any atom is 0.274 e. The molecule has 0 bridgehead atoms. The lowest BCUT2D eigenvalue weighted by molar-refractivity contribution is 0.102. The van der Waals surface area contributed by atoms with Crippen molar-refractivity contribution in [2.45, 2.75) is 31.1 Å². The fourth-order valence-corrected chi connectivity index (χ4v) is 4.94. The van der Waals surface area contributed by atoms with Gasteiger partial charge < -0.3 is 11.1 Å². The highest BCUT2D eigenvalue weighted by atomic mass is 35.5. The van der Waals surface area contributed by atoms with E-state index in [2.05, 4.69) is 15.3 Å². The number of aliphatic imine (C=N–C) groups is 1. The Kier molecular flexibility index (Phi) is 5.36. The lowest BCUT2D eigenvalue weighted by Crippen LogP contribution is -2.55. The van der Waals surface area contributed by atoms with Gasteiger partial charge in [-0.3, -0.25) is 9.79 Å². The zero-order chi connectivity index (χ0) is 22.5. The summed E-state index contributed by atoms with van der Waals surface area (Å²) in [6.45, 7) is 4.28. The quantitative estimate of drug-likeness (QED) is 0.736. The molecule has 1 unspecified atom stereocenters. The maximum atomic E-state index is 14.9. The van der Waals surface area contributed by atoms with E-state index < -0.39 is 43.4 Å². The van der Waals surface area contributed by atoms with Crippen LogP contribution in [0, 0.1) is 11.6 Å². The van der Waals surface area contributed by atoms with Crippen molar-refractivity contribution >= 4 is 38.9 Å². The molecule has 0 aliphatic carbocycles. The summed E-state index contributed by atoms with van der Waals surface area (Å²) in [4.78, 5) is 20.3. The van der Waals surface area contributed by atoms with E-state index in [1.54, 1.807) is 0 Å². The fraction of sp³-hybridized carbons (Fsp3) is 0.316. The molecule has 1 aromatic heterocycles. The van der Waals surface area contributed by atoms with Crippen LogP contribution in [-0.2, 0) is 15.4 Å². The van der Waals surface area contributed by atoms with Gasteiger partial charge in [0.2, 0.25) is 0 Å². The monoisotopic (exact) mass is 456 g/mol. The SMILES string of the molecule is CC1(c2cc(NC(=O)c3ccc(F)cn3)cc(Cl)c2F)CS(=O)(=O)C(C)(C)C(N)=N1. The Labute approximate surface area is 177 Å². The summed E-state index contributed by atoms with van der Waals surface area (Å²) in [5.41, 5.74) is 4.22. The number of carbonyl (C=O) groups is 1. The number of amides is 1. The van der Waals surface area contributed by atoms with Gasteiger partial charge in [0.15, 0.2) is 9.84 Å². The van der Waals surface area contributed by atoms with Gasteiger partial charge in [0.05, 0.1) is 17.0 Å². The molecule has 1 atom stereocenters. The summed E-state index contributed by atoms with van der Waals surface area (Å²) in [6.07, 6.45) is 0.880. The van der Waals surface area contributed by atoms with Crippen molar-refractivity contribution in [2.75, 3.05) is 11.1 Å². The molecule has 0 radical (unpaired) electrons. The van der Waals surface area contributed by atoms with Crippen molar-refractivity contribution < 1.29 is 22.0 Å². The summed E-state index contributed by atoms with van der Waals surface area (Å²) >= 11 is 5.99. The molecule has 160 valence electrons. The Morgan fingerprint density at radius 3 is 2.47 bits per heavy atom. The van der Waals surface area contributed by atoms with E-state index in [-0.39, 0.29) is 27.8 Å². The van der Waals surface area contributed by atoms with E-state index in [1.165, 1.54) is 39.0 Å². The zero-order valence-electron chi connectivity index (χ0n) is 16.3. The summed E-state index contributed by atoms with van der Waals surface area (Å²) in [7, 11) is -3.78. The number of rotatable bonds is 3. The molecule has 0 saturated heterocycles. The molecule has 1 aliphatic rings. The second-order valence-electron chi connectivity index (χ2n) is 7.68. The predicted molar refractivity (Wildman–Crippen MR) is 110 cm³/mol. The molecule has 0 spiro atoms. The number of benzene rings is 1. The number of hydrogen-bond donors (Lipinski definition) is 2. The van der Waals surface area contributed by atoms with Gasteiger partial charge in [-0.2, -0.15) is 0 Å². The summed E-state index contributed by atoms with van der Waals surface area (Å²) in [5, 5.41) is 2.15. The Bertz CT molecular complexity index is 1170. The summed E-state index contributed by atoms with van der Waals surface area (Å²) in [6, 6.07) is 4.66. The van der Waals surface area contributed by atoms with Gasteiger partial charge in [-0.15, -0.1) is 0 Å². The number of nitrogens with two attached hydrogens (primary N) is 1. The predicted octanol–water partition coefficient (Wildman–Crippen LogP) is 3.04. The molecule has 3 N–H and O–H groups in total. The smallest absolute Gasteiger partial charge is 0.274 e. The molecule has 30 heavy (non-hydrogen) atoms. The van der Waals surface area contributed by atoms with Crippen molar-refractivity contribution in [2.24, 2.45) is 10.7 Å². The molecule has 1 amide bonds. The summed E-state index contributed by atoms with van der Waals surface area (Å²) < 4.78 is 52.0. The first-order valence-electron chi connectivity index (χ1n) is 8.77. The molecule has 2 aromatic rings. The van der Waals surface area contributed by atoms with Crippen LogP contribution < -0.4 is 11.1 Å². The van der Waals surface area contributed by atoms with Crippen LogP contribution in [0.4, 0.5) is 14.5 Å². The van der Waals surface area contributed by atoms with E-state index in [9.17, 15) is 22.0 Å². The van der Waals surface area contributed by atoms with Crippen LogP contribution in [0.3, 0.4) is 0 Å². The zero-order valence-corrected chi connectivity index (χ0v) is 17.9. The fourth-order valence-electron chi connectivity index (χ4n) is 3.04. The Morgan fingerprint density at radius 2 is 1.90 bits per heavy atom. The van der Waals surface area contributed by atoms with Crippen LogP contribution in [-0.4, -0.2) is 35.6 Å². The third-order valence-corrected chi connectivity index (χ3v) is 8.04. The number of pyridine rings is 1. The number of hydrogen-bond acceptors (Lipinski definition) is 6. The Morgan fingerprint density at radius 1 is 1.23 bits per heavy atom. The normalized spacial score (nSPS) is 22.3. The lowest BCUT2D eigenvalue weighted by Gasteiger charge is -2.38. The highest BCUT2D eigenvalue weighted by molar-refractivity contribution is 7.93. The maximum absolute atomic E-state index is 14.9. The molecule has 2 heterocycles. The second-order valence-corrected chi connectivity index (χ2v) is 10.6. The Hall–Kier alpha value is -2.59. The first kappa shape index (κ1) is 22.1. The molecule has 0 fully saturated rings. The molecule has 1 aromatic carbocycles. The van der Waals surface area contributed by atoms with Crippen molar-refractivity contribution in [1.29, 1.82) is 0 Å². The van der Waals surface area contributed by atoms with Crippen molar-refractivity contribution in [3.63, 3.8) is 0 Å². The minimum absolute atomic E-state index is 0.0751. The van der Waals surface area contributed by atoms with Crippen molar-refractivity contribution in [3.8, 4) is 0 Å². The highest BCUT2D eigenvalue weighted by Crippen LogP contribution is 2.40. The van der Waals surface area contributed by atoms with Gasteiger partial charge in [-0.1, -0.05) is 11.6 Å². The standard InChI is InChI=1S/C19H19ClF2N4O3S/c1-18(2)17(23)26-19(3,9-30(18,28)29)12-6-11(7-13(20)15(12)22)25-16(27)14-5-4-10(21)8-24-14/h4-8H,9H2,1-3H3,(H2,23,26)(H,25,27). The first-order chi connectivity index (χ1) is 13.8. The number of amidine groups is 1. The van der Waals surface area contributed by atoms with E-state index >= 15 is 0 Å². The molecule has 3 rings (SSSR count). The molecule has 1 aliphatic heterocycles. The third-order valence-electron chi connectivity index (χ3n) is 5.06. The van der Waals surface area contributed by atoms with Crippen LogP contribution >= 0.6 is 11.6 Å². The van der Waals surface area contributed by atoms with Gasteiger partial charge in [-0.25, -0.2) is 22.2 Å². The average Bonchev–Trinajstić information content (AvgIpc) is 2.63. The number of halogens is 3. The topological polar surface area (TPSA) is 115 Å². The van der Waals surface area contributed by atoms with Crippen LogP contribution in [0.1, 0.15) is 36.8 Å². The third kappa shape index (κ3) is 3.77. The highest BCUT2D eigenvalue weighted by Gasteiger charge is 2.49. The number of nitrogens with one attached hydrogen (secondary N) is 1. The molecule has 7 nitrogen and oxygen atoms in total. The van der Waals surface area contributed by atoms with Gasteiger partial charge in [0, 0.05) is 11.3 Å². The second kappa shape index (κ2) is 7.28. The van der Waals surface area contributed by atoms with Crippen molar-refractivity contribution in [3.05, 3.63) is 58.4 Å². The van der Waals surface area contributed by atoms with Crippen LogP contribution in [0.2, 0.25) is 5.02 Å². The number of aromatic nitrogens is 1. The summed E-state index contributed by atoms with van der Waals surface area (Å²) in [5.74, 6) is -2.82. The molecule has 11 heteroatoms. The van der Waals surface area contributed by atoms with Gasteiger partial charge in [0.25, 0.3) is 5.91 Å².